The Morgan fingerprint density at radius 2 is 0.818 bits per heavy atom. The van der Waals surface area contributed by atoms with Crippen LogP contribution in [0.3, 0.4) is 0 Å². The summed E-state index contributed by atoms with van der Waals surface area (Å²) in [4.78, 5) is 0. The molecule has 0 aliphatic heterocycles. The second-order valence-electron chi connectivity index (χ2n) is 13.3. The van der Waals surface area contributed by atoms with Crippen LogP contribution in [0.1, 0.15) is 72.2 Å². The van der Waals surface area contributed by atoms with Gasteiger partial charge in [0.25, 0.3) is 0 Å². The number of benzene rings is 5. The second kappa shape index (κ2) is 9.86. The number of rotatable bonds is 6. The molecular weight excluding hydrogens is 536 g/mol. The molecule has 0 saturated carbocycles. The average molecular weight is 575 g/mol. The largest absolute Gasteiger partial charge is 0.457 e. The van der Waals surface area contributed by atoms with Crippen LogP contribution in [0, 0.1) is 13.8 Å². The monoisotopic (exact) mass is 574 g/mol. The predicted molar refractivity (Wildman–Crippen MR) is 184 cm³/mol. The van der Waals surface area contributed by atoms with Crippen molar-refractivity contribution in [3.05, 3.63) is 143 Å². The van der Waals surface area contributed by atoms with Crippen molar-refractivity contribution in [3.8, 4) is 45.3 Å². The van der Waals surface area contributed by atoms with Crippen LogP contribution in [0.15, 0.2) is 98.1 Å². The summed E-state index contributed by atoms with van der Waals surface area (Å²) < 4.78 is 13.0. The number of hydrogen-bond donors (Lipinski definition) is 0. The van der Waals surface area contributed by atoms with E-state index in [1.165, 1.54) is 44.5 Å². The zero-order chi connectivity index (χ0) is 31.0. The Morgan fingerprint density at radius 3 is 1.18 bits per heavy atom. The third-order valence-corrected chi connectivity index (χ3v) is 9.74. The van der Waals surface area contributed by atoms with E-state index in [1.807, 2.05) is 12.2 Å². The first kappa shape index (κ1) is 28.0. The normalized spacial score (nSPS) is 14.7. The van der Waals surface area contributed by atoms with Crippen LogP contribution in [-0.4, -0.2) is 0 Å². The summed E-state index contributed by atoms with van der Waals surface area (Å²) in [7, 11) is 0. The van der Waals surface area contributed by atoms with Gasteiger partial charge in [0.15, 0.2) is 0 Å². The first-order valence-corrected chi connectivity index (χ1v) is 15.3. The van der Waals surface area contributed by atoms with E-state index in [2.05, 4.69) is 140 Å². The highest BCUT2D eigenvalue weighted by atomic mass is 16.5. The summed E-state index contributed by atoms with van der Waals surface area (Å²) in [5.74, 6) is 3.34. The summed E-state index contributed by atoms with van der Waals surface area (Å²) in [5, 5.41) is 0. The predicted octanol–water partition coefficient (Wildman–Crippen LogP) is 11.8. The number of aryl methyl sites for hydroxylation is 2. The van der Waals surface area contributed by atoms with E-state index in [0.717, 1.165) is 45.3 Å². The lowest BCUT2D eigenvalue weighted by Crippen LogP contribution is -2.15. The third kappa shape index (κ3) is 4.24. The van der Waals surface area contributed by atoms with Crippen molar-refractivity contribution in [1.29, 1.82) is 0 Å². The molecule has 0 N–H and O–H groups in total. The molecular formula is C42H38O2. The summed E-state index contributed by atoms with van der Waals surface area (Å²) in [6.07, 6.45) is 3.82. The molecule has 0 radical (unpaired) electrons. The summed E-state index contributed by atoms with van der Waals surface area (Å²) in [5.41, 5.74) is 14.4. The van der Waals surface area contributed by atoms with Gasteiger partial charge in [-0.25, -0.2) is 0 Å². The maximum atomic E-state index is 6.52. The summed E-state index contributed by atoms with van der Waals surface area (Å²) >= 11 is 0. The molecule has 0 aromatic heterocycles. The third-order valence-electron chi connectivity index (χ3n) is 9.74. The fourth-order valence-corrected chi connectivity index (χ4v) is 7.09. The minimum absolute atomic E-state index is 0.120. The molecule has 7 rings (SSSR count). The van der Waals surface area contributed by atoms with Crippen molar-refractivity contribution in [2.24, 2.45) is 0 Å². The van der Waals surface area contributed by atoms with Crippen LogP contribution in [0.25, 0.3) is 34.4 Å². The Kier molecular flexibility index (Phi) is 6.27. The van der Waals surface area contributed by atoms with E-state index >= 15 is 0 Å². The maximum Gasteiger partial charge on any atom is 0.130 e. The number of hydrogen-bond acceptors (Lipinski definition) is 2. The second-order valence-corrected chi connectivity index (χ2v) is 13.3. The van der Waals surface area contributed by atoms with Crippen molar-refractivity contribution in [1.82, 2.24) is 0 Å². The lowest BCUT2D eigenvalue weighted by Gasteiger charge is -2.23. The lowest BCUT2D eigenvalue weighted by atomic mass is 9.82. The van der Waals surface area contributed by atoms with Crippen molar-refractivity contribution in [2.75, 3.05) is 0 Å². The van der Waals surface area contributed by atoms with E-state index in [9.17, 15) is 0 Å². The minimum atomic E-state index is -0.120. The van der Waals surface area contributed by atoms with Gasteiger partial charge in [0.05, 0.1) is 0 Å². The van der Waals surface area contributed by atoms with Gasteiger partial charge in [0, 0.05) is 10.8 Å². The SMILES string of the molecule is C=Cc1ccc2c(c1)C(C)(C)c1cc(Oc3cc(C)c(Oc4ccc5c(c4)C(C)(C)c4cc(C=C)ccc4-5)cc3C)ccc1-2. The molecule has 0 amide bonds. The summed E-state index contributed by atoms with van der Waals surface area (Å²) in [6, 6.07) is 30.3. The highest BCUT2D eigenvalue weighted by molar-refractivity contribution is 5.83. The smallest absolute Gasteiger partial charge is 0.130 e. The van der Waals surface area contributed by atoms with Crippen molar-refractivity contribution in [3.63, 3.8) is 0 Å². The van der Waals surface area contributed by atoms with E-state index in [1.54, 1.807) is 0 Å². The van der Waals surface area contributed by atoms with Gasteiger partial charge < -0.3 is 9.47 Å². The van der Waals surface area contributed by atoms with Gasteiger partial charge in [0.2, 0.25) is 0 Å². The first-order chi connectivity index (χ1) is 21.0. The Hall–Kier alpha value is -4.82. The fraction of sp³-hybridized carbons (Fsp3) is 0.190. The highest BCUT2D eigenvalue weighted by Crippen LogP contribution is 2.52. The fourth-order valence-electron chi connectivity index (χ4n) is 7.09. The van der Waals surface area contributed by atoms with Crippen LogP contribution in [0.5, 0.6) is 23.0 Å². The van der Waals surface area contributed by atoms with Crippen molar-refractivity contribution >= 4 is 12.2 Å². The molecule has 2 heteroatoms. The van der Waals surface area contributed by atoms with Crippen LogP contribution in [0.2, 0.25) is 0 Å². The van der Waals surface area contributed by atoms with Crippen LogP contribution in [-0.2, 0) is 10.8 Å². The minimum Gasteiger partial charge on any atom is -0.457 e. The van der Waals surface area contributed by atoms with Gasteiger partial charge >= 0.3 is 0 Å². The van der Waals surface area contributed by atoms with Gasteiger partial charge in [-0.05, 0) is 117 Å². The molecule has 0 atom stereocenters. The zero-order valence-electron chi connectivity index (χ0n) is 26.5. The number of fused-ring (bicyclic) bond motifs is 6. The quantitative estimate of drug-likeness (QED) is 0.201. The van der Waals surface area contributed by atoms with Crippen molar-refractivity contribution < 1.29 is 9.47 Å². The molecule has 2 nitrogen and oxygen atoms in total. The Balaban J connectivity index is 1.15. The summed E-state index contributed by atoms with van der Waals surface area (Å²) in [6.45, 7) is 21.2. The van der Waals surface area contributed by atoms with Crippen LogP contribution < -0.4 is 9.47 Å². The molecule has 218 valence electrons. The molecule has 0 saturated heterocycles. The molecule has 5 aromatic carbocycles. The molecule has 2 aliphatic carbocycles. The van der Waals surface area contributed by atoms with Crippen LogP contribution in [0.4, 0.5) is 0 Å². The van der Waals surface area contributed by atoms with Crippen molar-refractivity contribution in [2.45, 2.75) is 52.4 Å². The van der Waals surface area contributed by atoms with Gasteiger partial charge in [-0.3, -0.25) is 0 Å². The topological polar surface area (TPSA) is 18.5 Å². The molecule has 2 aliphatic rings. The molecule has 44 heavy (non-hydrogen) atoms. The molecule has 0 bridgehead atoms. The van der Waals surface area contributed by atoms with E-state index in [4.69, 9.17) is 9.47 Å². The standard InChI is InChI=1S/C42H38O2/c1-9-27-11-15-31-33-17-13-29(23-37(33)41(5,6)35(31)21-27)43-39-19-26(4)40(20-25(39)3)44-30-14-18-34-32-16-12-28(10-2)22-36(32)42(7,8)38(34)24-30/h9-24H,1-2H2,3-8H3. The average Bonchev–Trinajstić information content (AvgIpc) is 3.37. The highest BCUT2D eigenvalue weighted by Gasteiger charge is 2.37. The molecule has 5 aromatic rings. The molecule has 0 fully saturated rings. The molecule has 0 heterocycles. The van der Waals surface area contributed by atoms with Gasteiger partial charge in [-0.2, -0.15) is 0 Å². The maximum absolute atomic E-state index is 6.52. The Morgan fingerprint density at radius 1 is 0.477 bits per heavy atom. The van der Waals surface area contributed by atoms with Crippen LogP contribution >= 0.6 is 0 Å². The Bertz CT molecular complexity index is 1870. The van der Waals surface area contributed by atoms with E-state index in [-0.39, 0.29) is 10.8 Å². The Labute approximate surface area is 261 Å². The van der Waals surface area contributed by atoms with Gasteiger partial charge in [-0.1, -0.05) is 102 Å². The van der Waals surface area contributed by atoms with E-state index < -0.39 is 0 Å². The lowest BCUT2D eigenvalue weighted by molar-refractivity contribution is 0.461. The van der Waals surface area contributed by atoms with E-state index in [0.29, 0.717) is 0 Å². The van der Waals surface area contributed by atoms with Gasteiger partial charge in [0.1, 0.15) is 23.0 Å². The molecule has 0 spiro atoms. The zero-order valence-corrected chi connectivity index (χ0v) is 26.5. The first-order valence-electron chi connectivity index (χ1n) is 15.3. The number of ether oxygens (including phenoxy) is 2. The van der Waals surface area contributed by atoms with Gasteiger partial charge in [-0.15, -0.1) is 0 Å². The molecule has 0 unspecified atom stereocenters.